The van der Waals surface area contributed by atoms with E-state index in [1.807, 2.05) is 0 Å². The summed E-state index contributed by atoms with van der Waals surface area (Å²) in [6.07, 6.45) is 0. The topological polar surface area (TPSA) is 136 Å². The van der Waals surface area contributed by atoms with Gasteiger partial charge >= 0.3 is 0 Å². The molecule has 1 heterocycles. The standard InChI is InChI=1S/C18H18N4O5S/c1-26-13-5-3-4-12(9-13)20-18(23)15-10-14(21-22-15)11-6-7-16(27-2)17(8-11)28(19,24)25/h3-10H,1-2H3,(H,20,23)(H,21,22)(H2,19,24,25). The van der Waals surface area contributed by atoms with Crippen molar-refractivity contribution in [2.75, 3.05) is 19.5 Å². The highest BCUT2D eigenvalue weighted by Gasteiger charge is 2.18. The Bertz CT molecular complexity index is 1120. The summed E-state index contributed by atoms with van der Waals surface area (Å²) in [5.41, 5.74) is 1.59. The third-order valence-corrected chi connectivity index (χ3v) is 4.85. The minimum atomic E-state index is -3.99. The highest BCUT2D eigenvalue weighted by Crippen LogP contribution is 2.28. The predicted octanol–water partition coefficient (Wildman–Crippen LogP) is 1.99. The van der Waals surface area contributed by atoms with Gasteiger partial charge < -0.3 is 14.8 Å². The van der Waals surface area contributed by atoms with Gasteiger partial charge in [0.2, 0.25) is 10.0 Å². The molecule has 3 aromatic rings. The van der Waals surface area contributed by atoms with Gasteiger partial charge in [0, 0.05) is 17.3 Å². The van der Waals surface area contributed by atoms with Crippen molar-refractivity contribution in [1.82, 2.24) is 10.2 Å². The molecule has 0 aliphatic rings. The van der Waals surface area contributed by atoms with Gasteiger partial charge in [-0.3, -0.25) is 9.89 Å². The lowest BCUT2D eigenvalue weighted by Gasteiger charge is -2.07. The van der Waals surface area contributed by atoms with Gasteiger partial charge in [-0.2, -0.15) is 5.10 Å². The van der Waals surface area contributed by atoms with Crippen LogP contribution in [0.15, 0.2) is 53.4 Å². The van der Waals surface area contributed by atoms with E-state index in [2.05, 4.69) is 15.5 Å². The maximum Gasteiger partial charge on any atom is 0.273 e. The van der Waals surface area contributed by atoms with Crippen LogP contribution in [0.25, 0.3) is 11.3 Å². The molecule has 0 saturated carbocycles. The van der Waals surface area contributed by atoms with E-state index in [0.29, 0.717) is 22.7 Å². The Balaban J connectivity index is 1.86. The molecular formula is C18H18N4O5S. The maximum atomic E-state index is 12.4. The van der Waals surface area contributed by atoms with Crippen LogP contribution in [-0.4, -0.2) is 38.7 Å². The van der Waals surface area contributed by atoms with Crippen LogP contribution in [0.5, 0.6) is 11.5 Å². The fraction of sp³-hybridized carbons (Fsp3) is 0.111. The lowest BCUT2D eigenvalue weighted by Crippen LogP contribution is -2.13. The molecule has 0 radical (unpaired) electrons. The van der Waals surface area contributed by atoms with Crippen LogP contribution in [0.2, 0.25) is 0 Å². The monoisotopic (exact) mass is 402 g/mol. The number of amides is 1. The molecule has 1 amide bonds. The Labute approximate surface area is 161 Å². The van der Waals surface area contributed by atoms with Crippen LogP contribution >= 0.6 is 0 Å². The average molecular weight is 402 g/mol. The zero-order valence-corrected chi connectivity index (χ0v) is 15.9. The number of H-pyrrole nitrogens is 1. The molecule has 0 unspecified atom stereocenters. The van der Waals surface area contributed by atoms with E-state index >= 15 is 0 Å². The van der Waals surface area contributed by atoms with Crippen molar-refractivity contribution in [2.24, 2.45) is 5.14 Å². The minimum Gasteiger partial charge on any atom is -0.497 e. The highest BCUT2D eigenvalue weighted by molar-refractivity contribution is 7.89. The van der Waals surface area contributed by atoms with Gasteiger partial charge in [0.25, 0.3) is 5.91 Å². The first-order chi connectivity index (χ1) is 13.3. The van der Waals surface area contributed by atoms with Crippen LogP contribution in [0.3, 0.4) is 0 Å². The molecule has 10 heteroatoms. The van der Waals surface area contributed by atoms with Gasteiger partial charge in [0.1, 0.15) is 22.1 Å². The highest BCUT2D eigenvalue weighted by atomic mass is 32.2. The van der Waals surface area contributed by atoms with Gasteiger partial charge in [-0.1, -0.05) is 6.07 Å². The van der Waals surface area contributed by atoms with E-state index in [4.69, 9.17) is 14.6 Å². The molecule has 1 aromatic heterocycles. The zero-order valence-electron chi connectivity index (χ0n) is 15.1. The molecule has 2 aromatic carbocycles. The van der Waals surface area contributed by atoms with Crippen LogP contribution in [0.1, 0.15) is 10.5 Å². The summed E-state index contributed by atoms with van der Waals surface area (Å²) in [6, 6.07) is 12.8. The number of aromatic nitrogens is 2. The van der Waals surface area contributed by atoms with Gasteiger partial charge in [-0.15, -0.1) is 0 Å². The minimum absolute atomic E-state index is 0.123. The number of anilines is 1. The summed E-state index contributed by atoms with van der Waals surface area (Å²) in [5.74, 6) is 0.321. The number of nitrogens with one attached hydrogen (secondary N) is 2. The normalized spacial score (nSPS) is 11.1. The number of nitrogens with two attached hydrogens (primary N) is 1. The molecule has 0 saturated heterocycles. The smallest absolute Gasteiger partial charge is 0.273 e. The third kappa shape index (κ3) is 4.13. The Morgan fingerprint density at radius 2 is 1.89 bits per heavy atom. The van der Waals surface area contributed by atoms with E-state index in [9.17, 15) is 13.2 Å². The molecule has 0 aliphatic carbocycles. The molecule has 0 fully saturated rings. The first kappa shape index (κ1) is 19.4. The van der Waals surface area contributed by atoms with E-state index in [-0.39, 0.29) is 16.3 Å². The quantitative estimate of drug-likeness (QED) is 0.577. The van der Waals surface area contributed by atoms with Crippen LogP contribution in [0.4, 0.5) is 5.69 Å². The number of methoxy groups -OCH3 is 2. The molecule has 28 heavy (non-hydrogen) atoms. The van der Waals surface area contributed by atoms with E-state index in [1.165, 1.54) is 32.4 Å². The zero-order chi connectivity index (χ0) is 20.3. The van der Waals surface area contributed by atoms with Crippen LogP contribution < -0.4 is 19.9 Å². The van der Waals surface area contributed by atoms with Gasteiger partial charge in [0.15, 0.2) is 0 Å². The lowest BCUT2D eigenvalue weighted by atomic mass is 10.1. The summed E-state index contributed by atoms with van der Waals surface area (Å²) in [4.78, 5) is 12.3. The number of aromatic amines is 1. The SMILES string of the molecule is COc1cccc(NC(=O)c2cc(-c3ccc(OC)c(S(N)(=O)=O)c3)n[nH]2)c1. The molecule has 0 bridgehead atoms. The number of sulfonamides is 1. The fourth-order valence-corrected chi connectivity index (χ4v) is 3.27. The van der Waals surface area contributed by atoms with Crippen molar-refractivity contribution in [3.63, 3.8) is 0 Å². The Morgan fingerprint density at radius 1 is 1.11 bits per heavy atom. The Hall–Kier alpha value is -3.37. The number of rotatable bonds is 6. The van der Waals surface area contributed by atoms with Gasteiger partial charge in [0.05, 0.1) is 19.9 Å². The molecule has 9 nitrogen and oxygen atoms in total. The fourth-order valence-electron chi connectivity index (χ4n) is 2.54. The van der Waals surface area contributed by atoms with Gasteiger partial charge in [-0.05, 0) is 36.4 Å². The number of hydrogen-bond acceptors (Lipinski definition) is 6. The third-order valence-electron chi connectivity index (χ3n) is 3.92. The number of benzene rings is 2. The predicted molar refractivity (Wildman–Crippen MR) is 103 cm³/mol. The number of primary sulfonamides is 1. The van der Waals surface area contributed by atoms with Crippen LogP contribution in [-0.2, 0) is 10.0 Å². The molecule has 0 atom stereocenters. The van der Waals surface area contributed by atoms with Crippen LogP contribution in [0, 0.1) is 0 Å². The van der Waals surface area contributed by atoms with Crippen molar-refractivity contribution in [3.8, 4) is 22.8 Å². The summed E-state index contributed by atoms with van der Waals surface area (Å²) in [5, 5.41) is 14.7. The lowest BCUT2D eigenvalue weighted by molar-refractivity contribution is 0.102. The molecule has 3 rings (SSSR count). The molecule has 0 spiro atoms. The van der Waals surface area contributed by atoms with Crippen molar-refractivity contribution in [3.05, 3.63) is 54.2 Å². The van der Waals surface area contributed by atoms with Crippen molar-refractivity contribution < 1.29 is 22.7 Å². The second-order valence-corrected chi connectivity index (χ2v) is 7.29. The summed E-state index contributed by atoms with van der Waals surface area (Å²) >= 11 is 0. The Kier molecular flexibility index (Phi) is 5.34. The second kappa shape index (κ2) is 7.71. The number of carbonyl (C=O) groups is 1. The molecule has 0 aliphatic heterocycles. The van der Waals surface area contributed by atoms with E-state index in [0.717, 1.165) is 0 Å². The van der Waals surface area contributed by atoms with E-state index in [1.54, 1.807) is 30.3 Å². The number of hydrogen-bond donors (Lipinski definition) is 3. The van der Waals surface area contributed by atoms with Crippen molar-refractivity contribution in [2.45, 2.75) is 4.90 Å². The summed E-state index contributed by atoms with van der Waals surface area (Å²) in [6.45, 7) is 0. The number of ether oxygens (including phenoxy) is 2. The number of nitrogens with zero attached hydrogens (tertiary/aromatic N) is 1. The molecular weight excluding hydrogens is 384 g/mol. The Morgan fingerprint density at radius 3 is 2.57 bits per heavy atom. The maximum absolute atomic E-state index is 12.4. The number of carbonyl (C=O) groups excluding carboxylic acids is 1. The van der Waals surface area contributed by atoms with Gasteiger partial charge in [-0.25, -0.2) is 13.6 Å². The summed E-state index contributed by atoms with van der Waals surface area (Å²) in [7, 11) is -1.11. The molecule has 4 N–H and O–H groups in total. The first-order valence-corrected chi connectivity index (χ1v) is 9.58. The van der Waals surface area contributed by atoms with Crippen molar-refractivity contribution in [1.29, 1.82) is 0 Å². The second-order valence-electron chi connectivity index (χ2n) is 5.76. The largest absolute Gasteiger partial charge is 0.497 e. The average Bonchev–Trinajstić information content (AvgIpc) is 3.17. The summed E-state index contributed by atoms with van der Waals surface area (Å²) < 4.78 is 33.7. The van der Waals surface area contributed by atoms with Crippen molar-refractivity contribution >= 4 is 21.6 Å². The first-order valence-electron chi connectivity index (χ1n) is 8.04. The van der Waals surface area contributed by atoms with E-state index < -0.39 is 15.9 Å². The molecule has 146 valence electrons.